The molecule has 0 aliphatic carbocycles. The van der Waals surface area contributed by atoms with Crippen LogP contribution in [-0.2, 0) is 0 Å². The van der Waals surface area contributed by atoms with Crippen molar-refractivity contribution in [1.82, 2.24) is 4.90 Å². The van der Waals surface area contributed by atoms with Crippen LogP contribution in [0.3, 0.4) is 0 Å². The molecular formula is C11H12N2. The summed E-state index contributed by atoms with van der Waals surface area (Å²) < 4.78 is 0. The Bertz CT molecular complexity index is 331. The molecule has 0 aromatic heterocycles. The molecule has 0 fully saturated rings. The van der Waals surface area contributed by atoms with E-state index >= 15 is 0 Å². The Kier molecular flexibility index (Phi) is 3.10. The van der Waals surface area contributed by atoms with Crippen molar-refractivity contribution < 1.29 is 0 Å². The molecule has 0 saturated heterocycles. The molecule has 66 valence electrons. The monoisotopic (exact) mass is 172 g/mol. The fourth-order valence-electron chi connectivity index (χ4n) is 0.969. The summed E-state index contributed by atoms with van der Waals surface area (Å²) in [6.07, 6.45) is 1.86. The summed E-state index contributed by atoms with van der Waals surface area (Å²) in [4.78, 5) is 1.80. The first-order valence-corrected chi connectivity index (χ1v) is 4.08. The maximum absolute atomic E-state index is 8.80. The van der Waals surface area contributed by atoms with E-state index in [-0.39, 0.29) is 0 Å². The summed E-state index contributed by atoms with van der Waals surface area (Å²) in [6, 6.07) is 12.0. The number of nitriles is 1. The summed E-state index contributed by atoms with van der Waals surface area (Å²) in [5.74, 6) is 0. The highest BCUT2D eigenvalue weighted by molar-refractivity contribution is 5.55. The van der Waals surface area contributed by atoms with E-state index in [1.807, 2.05) is 50.5 Å². The van der Waals surface area contributed by atoms with Crippen LogP contribution in [-0.4, -0.2) is 19.0 Å². The Labute approximate surface area is 78.7 Å². The average molecular weight is 172 g/mol. The van der Waals surface area contributed by atoms with Crippen LogP contribution >= 0.6 is 0 Å². The molecule has 0 aliphatic heterocycles. The van der Waals surface area contributed by atoms with Crippen LogP contribution in [0.4, 0.5) is 0 Å². The van der Waals surface area contributed by atoms with E-state index in [2.05, 4.69) is 6.07 Å². The zero-order valence-electron chi connectivity index (χ0n) is 7.86. The van der Waals surface area contributed by atoms with Gasteiger partial charge in [0.15, 0.2) is 0 Å². The largest absolute Gasteiger partial charge is 0.369 e. The van der Waals surface area contributed by atoms with E-state index < -0.39 is 0 Å². The molecule has 1 aromatic carbocycles. The second-order valence-electron chi connectivity index (χ2n) is 2.95. The molecule has 13 heavy (non-hydrogen) atoms. The first kappa shape index (κ1) is 9.34. The Hall–Kier alpha value is -1.75. The van der Waals surface area contributed by atoms with E-state index in [0.717, 1.165) is 5.56 Å². The van der Waals surface area contributed by atoms with Gasteiger partial charge in [0.2, 0.25) is 0 Å². The normalized spacial score (nSPS) is 10.7. The van der Waals surface area contributed by atoms with Gasteiger partial charge in [-0.3, -0.25) is 0 Å². The number of nitrogens with zero attached hydrogens (tertiary/aromatic N) is 2. The van der Waals surface area contributed by atoms with Gasteiger partial charge in [-0.2, -0.15) is 5.26 Å². The Morgan fingerprint density at radius 3 is 2.38 bits per heavy atom. The molecule has 2 nitrogen and oxygen atoms in total. The van der Waals surface area contributed by atoms with Gasteiger partial charge in [0.25, 0.3) is 0 Å². The molecule has 0 atom stereocenters. The second kappa shape index (κ2) is 4.32. The molecule has 0 saturated carbocycles. The molecule has 2 heteroatoms. The molecule has 0 unspecified atom stereocenters. The summed E-state index contributed by atoms with van der Waals surface area (Å²) >= 11 is 0. The first-order chi connectivity index (χ1) is 6.24. The lowest BCUT2D eigenvalue weighted by Gasteiger charge is -2.09. The number of allylic oxidation sites excluding steroid dienone is 1. The van der Waals surface area contributed by atoms with Gasteiger partial charge < -0.3 is 4.90 Å². The number of hydrogen-bond donors (Lipinski definition) is 0. The fraction of sp³-hybridized carbons (Fsp3) is 0.182. The minimum Gasteiger partial charge on any atom is -0.369 e. The van der Waals surface area contributed by atoms with Gasteiger partial charge in [-0.25, -0.2) is 0 Å². The number of rotatable bonds is 2. The maximum Gasteiger partial charge on any atom is 0.117 e. The van der Waals surface area contributed by atoms with Crippen molar-refractivity contribution in [2.24, 2.45) is 0 Å². The van der Waals surface area contributed by atoms with Gasteiger partial charge in [0.05, 0.1) is 0 Å². The fourth-order valence-corrected chi connectivity index (χ4v) is 0.969. The lowest BCUT2D eigenvalue weighted by molar-refractivity contribution is 0.538. The predicted molar refractivity (Wildman–Crippen MR) is 53.7 cm³/mol. The summed E-state index contributed by atoms with van der Waals surface area (Å²) in [5, 5.41) is 8.80. The SMILES string of the molecule is CN(C)/C(C#N)=C\c1ccccc1. The molecule has 0 N–H and O–H groups in total. The van der Waals surface area contributed by atoms with Crippen molar-refractivity contribution in [3.05, 3.63) is 41.6 Å². The van der Waals surface area contributed by atoms with Crippen LogP contribution in [0.2, 0.25) is 0 Å². The standard InChI is InChI=1S/C11H12N2/c1-13(2)11(9-12)8-10-6-4-3-5-7-10/h3-8H,1-2H3/b11-8-. The number of hydrogen-bond acceptors (Lipinski definition) is 2. The molecule has 0 amide bonds. The Morgan fingerprint density at radius 1 is 1.31 bits per heavy atom. The van der Waals surface area contributed by atoms with Gasteiger partial charge in [0.1, 0.15) is 11.8 Å². The Balaban J connectivity index is 2.94. The van der Waals surface area contributed by atoms with Crippen molar-refractivity contribution >= 4 is 6.08 Å². The van der Waals surface area contributed by atoms with Crippen LogP contribution in [0, 0.1) is 11.3 Å². The first-order valence-electron chi connectivity index (χ1n) is 4.08. The van der Waals surface area contributed by atoms with Gasteiger partial charge in [-0.15, -0.1) is 0 Å². The van der Waals surface area contributed by atoms with Crippen molar-refractivity contribution in [3.8, 4) is 6.07 Å². The molecule has 0 radical (unpaired) electrons. The van der Waals surface area contributed by atoms with E-state index in [4.69, 9.17) is 5.26 Å². The third-order valence-corrected chi connectivity index (χ3v) is 1.70. The summed E-state index contributed by atoms with van der Waals surface area (Å²) in [6.45, 7) is 0. The highest BCUT2D eigenvalue weighted by atomic mass is 15.1. The van der Waals surface area contributed by atoms with Crippen LogP contribution in [0.5, 0.6) is 0 Å². The predicted octanol–water partition coefficient (Wildman–Crippen LogP) is 2.11. The molecule has 0 spiro atoms. The Morgan fingerprint density at radius 2 is 1.92 bits per heavy atom. The molecule has 0 bridgehead atoms. The maximum atomic E-state index is 8.80. The topological polar surface area (TPSA) is 27.0 Å². The van der Waals surface area contributed by atoms with Crippen LogP contribution in [0.25, 0.3) is 6.08 Å². The molecular weight excluding hydrogens is 160 g/mol. The third kappa shape index (κ3) is 2.64. The minimum absolute atomic E-state index is 0.659. The minimum atomic E-state index is 0.659. The zero-order chi connectivity index (χ0) is 9.68. The highest BCUT2D eigenvalue weighted by Gasteiger charge is 1.96. The zero-order valence-corrected chi connectivity index (χ0v) is 7.86. The summed E-state index contributed by atoms with van der Waals surface area (Å²) in [7, 11) is 3.72. The van der Waals surface area contributed by atoms with E-state index in [9.17, 15) is 0 Å². The van der Waals surface area contributed by atoms with Gasteiger partial charge >= 0.3 is 0 Å². The van der Waals surface area contributed by atoms with Crippen molar-refractivity contribution in [2.45, 2.75) is 0 Å². The van der Waals surface area contributed by atoms with Crippen LogP contribution < -0.4 is 0 Å². The average Bonchev–Trinajstić information content (AvgIpc) is 2.15. The lowest BCUT2D eigenvalue weighted by Crippen LogP contribution is -2.08. The van der Waals surface area contributed by atoms with Gasteiger partial charge in [-0.05, 0) is 11.6 Å². The smallest absolute Gasteiger partial charge is 0.117 e. The van der Waals surface area contributed by atoms with Gasteiger partial charge in [-0.1, -0.05) is 30.3 Å². The third-order valence-electron chi connectivity index (χ3n) is 1.70. The molecule has 0 aliphatic rings. The van der Waals surface area contributed by atoms with E-state index in [0.29, 0.717) is 5.70 Å². The van der Waals surface area contributed by atoms with Crippen LogP contribution in [0.1, 0.15) is 5.56 Å². The van der Waals surface area contributed by atoms with E-state index in [1.54, 1.807) is 4.90 Å². The second-order valence-corrected chi connectivity index (χ2v) is 2.95. The quantitative estimate of drug-likeness (QED) is 0.639. The van der Waals surface area contributed by atoms with Crippen molar-refractivity contribution in [3.63, 3.8) is 0 Å². The summed E-state index contributed by atoms with van der Waals surface area (Å²) in [5.41, 5.74) is 1.71. The molecule has 0 heterocycles. The number of benzene rings is 1. The van der Waals surface area contributed by atoms with Gasteiger partial charge in [0, 0.05) is 14.1 Å². The van der Waals surface area contributed by atoms with Crippen molar-refractivity contribution in [1.29, 1.82) is 5.26 Å². The lowest BCUT2D eigenvalue weighted by atomic mass is 10.2. The van der Waals surface area contributed by atoms with Crippen molar-refractivity contribution in [2.75, 3.05) is 14.1 Å². The van der Waals surface area contributed by atoms with E-state index in [1.165, 1.54) is 0 Å². The molecule has 1 rings (SSSR count). The van der Waals surface area contributed by atoms with Crippen LogP contribution in [0.15, 0.2) is 36.0 Å². The molecule has 1 aromatic rings. The highest BCUT2D eigenvalue weighted by Crippen LogP contribution is 2.06.